The Kier molecular flexibility index (Phi) is 5.10. The number of imide groups is 1. The van der Waals surface area contributed by atoms with Crippen molar-refractivity contribution in [1.29, 1.82) is 0 Å². The largest absolute Gasteiger partial charge is 0.350 e. The lowest BCUT2D eigenvalue weighted by molar-refractivity contribution is -0.120. The molecular weight excluding hydrogens is 410 g/mol. The highest BCUT2D eigenvalue weighted by atomic mass is 35.5. The van der Waals surface area contributed by atoms with E-state index in [1.807, 2.05) is 6.92 Å². The molecule has 0 saturated carbocycles. The van der Waals surface area contributed by atoms with Crippen molar-refractivity contribution in [2.24, 2.45) is 0 Å². The van der Waals surface area contributed by atoms with Crippen LogP contribution in [0.3, 0.4) is 0 Å². The third-order valence-corrected chi connectivity index (χ3v) is 5.16. The molecule has 0 saturated heterocycles. The molecule has 0 fully saturated rings. The third kappa shape index (κ3) is 3.46. The summed E-state index contributed by atoms with van der Waals surface area (Å²) in [5.41, 5.74) is 1.87. The molecule has 2 amide bonds. The molecule has 3 aromatic rings. The molecule has 1 heterocycles. The normalized spacial score (nSPS) is 13.9. The Morgan fingerprint density at radius 2 is 1.60 bits per heavy atom. The van der Waals surface area contributed by atoms with Crippen LogP contribution in [0.25, 0.3) is 5.57 Å². The maximum absolute atomic E-state index is 13.7. The van der Waals surface area contributed by atoms with Crippen molar-refractivity contribution in [3.63, 3.8) is 0 Å². The smallest absolute Gasteiger partial charge is 0.282 e. The zero-order valence-electron chi connectivity index (χ0n) is 15.7. The van der Waals surface area contributed by atoms with Crippen LogP contribution in [-0.2, 0) is 9.59 Å². The molecular formula is C23H15ClF2N2O2. The van der Waals surface area contributed by atoms with Crippen LogP contribution in [0, 0.1) is 18.6 Å². The van der Waals surface area contributed by atoms with Crippen molar-refractivity contribution >= 4 is 40.4 Å². The van der Waals surface area contributed by atoms with Gasteiger partial charge in [-0.3, -0.25) is 9.59 Å². The Morgan fingerprint density at radius 3 is 2.27 bits per heavy atom. The molecule has 4 rings (SSSR count). The van der Waals surface area contributed by atoms with Gasteiger partial charge in [-0.2, -0.15) is 0 Å². The first-order chi connectivity index (χ1) is 14.4. The molecule has 4 nitrogen and oxygen atoms in total. The topological polar surface area (TPSA) is 49.4 Å². The van der Waals surface area contributed by atoms with E-state index >= 15 is 0 Å². The zero-order valence-corrected chi connectivity index (χ0v) is 16.5. The summed E-state index contributed by atoms with van der Waals surface area (Å²) in [7, 11) is 0. The Labute approximate surface area is 176 Å². The van der Waals surface area contributed by atoms with E-state index < -0.39 is 23.4 Å². The van der Waals surface area contributed by atoms with Crippen LogP contribution in [0.1, 0.15) is 11.1 Å². The quantitative estimate of drug-likeness (QED) is 0.576. The molecule has 0 spiro atoms. The zero-order chi connectivity index (χ0) is 21.4. The van der Waals surface area contributed by atoms with E-state index in [1.165, 1.54) is 12.1 Å². The fraction of sp³-hybridized carbons (Fsp3) is 0.0435. The number of carbonyl (C=O) groups excluding carboxylic acids is 2. The second-order valence-electron chi connectivity index (χ2n) is 6.75. The molecule has 0 aromatic heterocycles. The molecule has 1 aliphatic rings. The average Bonchev–Trinajstić information content (AvgIpc) is 2.97. The van der Waals surface area contributed by atoms with E-state index in [0.717, 1.165) is 22.6 Å². The first kappa shape index (κ1) is 19.8. The van der Waals surface area contributed by atoms with Crippen LogP contribution in [0.4, 0.5) is 20.2 Å². The summed E-state index contributed by atoms with van der Waals surface area (Å²) in [6.07, 6.45) is 0. The summed E-state index contributed by atoms with van der Waals surface area (Å²) in [4.78, 5) is 27.5. The predicted octanol–water partition coefficient (Wildman–Crippen LogP) is 5.32. The summed E-state index contributed by atoms with van der Waals surface area (Å²) in [5, 5.41) is 3.20. The molecule has 0 bridgehead atoms. The van der Waals surface area contributed by atoms with Gasteiger partial charge in [-0.05, 0) is 42.3 Å². The summed E-state index contributed by atoms with van der Waals surface area (Å²) in [5.74, 6) is -3.25. The fourth-order valence-corrected chi connectivity index (χ4v) is 3.37. The van der Waals surface area contributed by atoms with Crippen LogP contribution < -0.4 is 10.2 Å². The van der Waals surface area contributed by atoms with E-state index in [0.29, 0.717) is 16.3 Å². The number of carbonyl (C=O) groups is 2. The molecule has 30 heavy (non-hydrogen) atoms. The van der Waals surface area contributed by atoms with E-state index in [1.54, 1.807) is 42.5 Å². The van der Waals surface area contributed by atoms with Gasteiger partial charge in [-0.1, -0.05) is 48.0 Å². The lowest BCUT2D eigenvalue weighted by Gasteiger charge is -2.16. The molecule has 7 heteroatoms. The third-order valence-electron chi connectivity index (χ3n) is 4.75. The Balaban J connectivity index is 1.82. The van der Waals surface area contributed by atoms with Crippen molar-refractivity contribution in [3.8, 4) is 0 Å². The first-order valence-electron chi connectivity index (χ1n) is 9.03. The number of halogens is 3. The minimum atomic E-state index is -1.07. The van der Waals surface area contributed by atoms with Gasteiger partial charge in [0.1, 0.15) is 5.70 Å². The summed E-state index contributed by atoms with van der Waals surface area (Å²) in [6.45, 7) is 1.81. The molecule has 0 aliphatic carbocycles. The van der Waals surface area contributed by atoms with Crippen molar-refractivity contribution in [2.75, 3.05) is 10.2 Å². The van der Waals surface area contributed by atoms with Gasteiger partial charge in [0.15, 0.2) is 11.6 Å². The number of aryl methyl sites for hydroxylation is 1. The molecule has 3 aromatic carbocycles. The van der Waals surface area contributed by atoms with Gasteiger partial charge < -0.3 is 5.32 Å². The minimum Gasteiger partial charge on any atom is -0.350 e. The molecule has 150 valence electrons. The van der Waals surface area contributed by atoms with Gasteiger partial charge in [0.25, 0.3) is 11.8 Å². The SMILES string of the molecule is Cc1ccc(N2C(=O)C(Nc3ccc(F)c(F)c3)=C(c3ccccc3)C2=O)cc1Cl. The summed E-state index contributed by atoms with van der Waals surface area (Å²) >= 11 is 6.18. The number of anilines is 2. The molecule has 1 aliphatic heterocycles. The monoisotopic (exact) mass is 424 g/mol. The van der Waals surface area contributed by atoms with Crippen LogP contribution in [-0.4, -0.2) is 11.8 Å². The van der Waals surface area contributed by atoms with Gasteiger partial charge in [-0.15, -0.1) is 0 Å². The fourth-order valence-electron chi connectivity index (χ4n) is 3.19. The standard InChI is InChI=1S/C23H15ClF2N2O2/c1-13-7-9-16(12-17(13)24)28-22(29)20(14-5-3-2-4-6-14)21(23(28)30)27-15-8-10-18(25)19(26)11-15/h2-12,27H,1H3. The highest BCUT2D eigenvalue weighted by Crippen LogP contribution is 2.35. The lowest BCUT2D eigenvalue weighted by atomic mass is 10.0. The molecule has 0 atom stereocenters. The Bertz CT molecular complexity index is 1210. The number of hydrogen-bond donors (Lipinski definition) is 1. The summed E-state index contributed by atoms with van der Waals surface area (Å²) in [6, 6.07) is 16.7. The number of hydrogen-bond acceptors (Lipinski definition) is 3. The predicted molar refractivity (Wildman–Crippen MR) is 112 cm³/mol. The van der Waals surface area contributed by atoms with E-state index in [4.69, 9.17) is 11.6 Å². The highest BCUT2D eigenvalue weighted by Gasteiger charge is 2.40. The van der Waals surface area contributed by atoms with Gasteiger partial charge in [-0.25, -0.2) is 13.7 Å². The van der Waals surface area contributed by atoms with Gasteiger partial charge in [0.05, 0.1) is 11.3 Å². The lowest BCUT2D eigenvalue weighted by Crippen LogP contribution is -2.32. The first-order valence-corrected chi connectivity index (χ1v) is 9.41. The van der Waals surface area contributed by atoms with E-state index in [9.17, 15) is 18.4 Å². The van der Waals surface area contributed by atoms with Crippen molar-refractivity contribution in [2.45, 2.75) is 6.92 Å². The van der Waals surface area contributed by atoms with Crippen molar-refractivity contribution < 1.29 is 18.4 Å². The van der Waals surface area contributed by atoms with Gasteiger partial charge in [0.2, 0.25) is 0 Å². The second-order valence-corrected chi connectivity index (χ2v) is 7.16. The summed E-state index contributed by atoms with van der Waals surface area (Å²) < 4.78 is 27.0. The van der Waals surface area contributed by atoms with Gasteiger partial charge >= 0.3 is 0 Å². The average molecular weight is 425 g/mol. The number of rotatable bonds is 4. The van der Waals surface area contributed by atoms with Gasteiger partial charge in [0, 0.05) is 16.8 Å². The van der Waals surface area contributed by atoms with Crippen molar-refractivity contribution in [3.05, 3.63) is 100 Å². The Hall–Kier alpha value is -3.51. The van der Waals surface area contributed by atoms with Crippen LogP contribution >= 0.6 is 11.6 Å². The molecule has 1 N–H and O–H groups in total. The maximum atomic E-state index is 13.7. The molecule has 0 unspecified atom stereocenters. The maximum Gasteiger partial charge on any atom is 0.282 e. The number of nitrogens with zero attached hydrogens (tertiary/aromatic N) is 1. The second kappa shape index (κ2) is 7.72. The van der Waals surface area contributed by atoms with E-state index in [2.05, 4.69) is 5.32 Å². The number of benzene rings is 3. The highest BCUT2D eigenvalue weighted by molar-refractivity contribution is 6.46. The molecule has 0 radical (unpaired) electrons. The minimum absolute atomic E-state index is 0.0334. The number of nitrogens with one attached hydrogen (secondary N) is 1. The van der Waals surface area contributed by atoms with Crippen LogP contribution in [0.15, 0.2) is 72.4 Å². The Morgan fingerprint density at radius 1 is 0.867 bits per heavy atom. The van der Waals surface area contributed by atoms with Crippen LogP contribution in [0.5, 0.6) is 0 Å². The number of amides is 2. The van der Waals surface area contributed by atoms with Crippen molar-refractivity contribution in [1.82, 2.24) is 0 Å². The van der Waals surface area contributed by atoms with Crippen LogP contribution in [0.2, 0.25) is 5.02 Å². The van der Waals surface area contributed by atoms with E-state index in [-0.39, 0.29) is 17.0 Å².